The lowest BCUT2D eigenvalue weighted by molar-refractivity contribution is -0.134. The Bertz CT molecular complexity index is 831. The molecule has 1 aromatic heterocycles. The Balaban J connectivity index is 1.72. The second kappa shape index (κ2) is 7.95. The minimum Gasteiger partial charge on any atom is -0.478 e. The molecule has 1 saturated heterocycles. The maximum Gasteiger partial charge on any atom is 0.339 e. The molecule has 1 amide bonds. The van der Waals surface area contributed by atoms with E-state index in [9.17, 15) is 19.1 Å². The predicted octanol–water partition coefficient (Wildman–Crippen LogP) is 3.40. The van der Waals surface area contributed by atoms with E-state index in [1.54, 1.807) is 29.2 Å². The first kappa shape index (κ1) is 17.8. The van der Waals surface area contributed by atoms with Gasteiger partial charge in [-0.25, -0.2) is 9.18 Å². The molecule has 0 bridgehead atoms. The maximum absolute atomic E-state index is 13.2. The van der Waals surface area contributed by atoms with E-state index in [0.29, 0.717) is 24.2 Å². The summed E-state index contributed by atoms with van der Waals surface area (Å²) < 4.78 is 13.2. The number of piperidine rings is 1. The molecule has 136 valence electrons. The minimum atomic E-state index is -1.06. The van der Waals surface area contributed by atoms with Crippen molar-refractivity contribution in [2.45, 2.75) is 31.7 Å². The second-order valence-corrected chi connectivity index (χ2v) is 6.26. The summed E-state index contributed by atoms with van der Waals surface area (Å²) in [7, 11) is 0. The van der Waals surface area contributed by atoms with E-state index in [4.69, 9.17) is 0 Å². The van der Waals surface area contributed by atoms with Crippen LogP contribution in [0.4, 0.5) is 4.39 Å². The molecule has 0 radical (unpaired) electrons. The number of nitrogens with one attached hydrogen (secondary N) is 1. The number of halogens is 1. The van der Waals surface area contributed by atoms with E-state index in [0.717, 1.165) is 12.8 Å². The van der Waals surface area contributed by atoms with Crippen LogP contribution in [0.3, 0.4) is 0 Å². The van der Waals surface area contributed by atoms with Crippen molar-refractivity contribution in [3.05, 3.63) is 59.2 Å². The summed E-state index contributed by atoms with van der Waals surface area (Å²) in [6.45, 7) is 0.579. The molecule has 3 rings (SSSR count). The van der Waals surface area contributed by atoms with Gasteiger partial charge in [-0.1, -0.05) is 24.3 Å². The van der Waals surface area contributed by atoms with Crippen molar-refractivity contribution in [3.63, 3.8) is 0 Å². The molecular formula is C19H20FN3O3. The summed E-state index contributed by atoms with van der Waals surface area (Å²) in [5.41, 5.74) is 1.26. The molecule has 0 spiro atoms. The fourth-order valence-electron chi connectivity index (χ4n) is 3.27. The van der Waals surface area contributed by atoms with Gasteiger partial charge in [-0.2, -0.15) is 5.10 Å². The Morgan fingerprint density at radius 1 is 1.38 bits per heavy atom. The number of hydrogen-bond acceptors (Lipinski definition) is 3. The third-order valence-electron chi connectivity index (χ3n) is 4.51. The zero-order valence-electron chi connectivity index (χ0n) is 14.2. The Labute approximate surface area is 150 Å². The molecule has 2 heterocycles. The normalized spacial score (nSPS) is 17.6. The van der Waals surface area contributed by atoms with Crippen LogP contribution in [0.2, 0.25) is 0 Å². The number of carboxylic acids is 1. The predicted molar refractivity (Wildman–Crippen MR) is 93.9 cm³/mol. The number of H-pyrrole nitrogens is 1. The van der Waals surface area contributed by atoms with Gasteiger partial charge in [0, 0.05) is 13.0 Å². The first-order valence-corrected chi connectivity index (χ1v) is 8.54. The number of rotatable bonds is 5. The molecule has 7 heteroatoms. The number of hydrogen-bond donors (Lipinski definition) is 2. The number of likely N-dealkylation sites (tertiary alicyclic amines) is 1. The van der Waals surface area contributed by atoms with E-state index in [2.05, 4.69) is 10.2 Å². The summed E-state index contributed by atoms with van der Waals surface area (Å²) in [6, 6.07) is 5.83. The largest absolute Gasteiger partial charge is 0.478 e. The quantitative estimate of drug-likeness (QED) is 0.859. The molecule has 1 atom stereocenters. The Kier molecular flexibility index (Phi) is 5.46. The van der Waals surface area contributed by atoms with Gasteiger partial charge in [-0.15, -0.1) is 0 Å². The highest BCUT2D eigenvalue weighted by Crippen LogP contribution is 2.32. The molecular weight excluding hydrogens is 337 g/mol. The molecule has 1 unspecified atom stereocenters. The fraction of sp³-hybridized carbons (Fsp3) is 0.316. The van der Waals surface area contributed by atoms with Crippen LogP contribution in [0.5, 0.6) is 0 Å². The number of aromatic nitrogens is 2. The summed E-state index contributed by atoms with van der Waals surface area (Å²) >= 11 is 0. The van der Waals surface area contributed by atoms with Crippen molar-refractivity contribution >= 4 is 18.0 Å². The average Bonchev–Trinajstić information content (AvgIpc) is 3.11. The molecule has 0 saturated carbocycles. The van der Waals surface area contributed by atoms with Gasteiger partial charge in [0.1, 0.15) is 11.4 Å². The summed E-state index contributed by atoms with van der Waals surface area (Å²) in [5, 5.41) is 15.9. The highest BCUT2D eigenvalue weighted by Gasteiger charge is 2.31. The van der Waals surface area contributed by atoms with Crippen LogP contribution < -0.4 is 0 Å². The number of aromatic carboxylic acids is 1. The number of amides is 1. The van der Waals surface area contributed by atoms with Crippen LogP contribution in [0.15, 0.2) is 36.5 Å². The third kappa shape index (κ3) is 3.99. The first-order chi connectivity index (χ1) is 12.6. The van der Waals surface area contributed by atoms with Crippen molar-refractivity contribution in [2.24, 2.45) is 0 Å². The number of benzene rings is 1. The van der Waals surface area contributed by atoms with Crippen LogP contribution in [0.1, 0.15) is 53.3 Å². The number of carbonyl (C=O) groups excluding carboxylic acids is 1. The van der Waals surface area contributed by atoms with Gasteiger partial charge < -0.3 is 10.0 Å². The maximum atomic E-state index is 13.2. The molecule has 2 aromatic rings. The van der Waals surface area contributed by atoms with Crippen molar-refractivity contribution in [2.75, 3.05) is 6.54 Å². The van der Waals surface area contributed by atoms with Crippen LogP contribution >= 0.6 is 0 Å². The van der Waals surface area contributed by atoms with Gasteiger partial charge in [0.15, 0.2) is 0 Å². The molecule has 0 aliphatic carbocycles. The SMILES string of the molecule is O=C(O)c1cn[nH]c1C1CCCCN1C(=O)C/C=C/c1cccc(F)c1. The minimum absolute atomic E-state index is 0.0895. The number of aromatic amines is 1. The summed E-state index contributed by atoms with van der Waals surface area (Å²) in [5.74, 6) is -1.47. The molecule has 6 nitrogen and oxygen atoms in total. The number of nitrogens with zero attached hydrogens (tertiary/aromatic N) is 2. The average molecular weight is 357 g/mol. The van der Waals surface area contributed by atoms with Gasteiger partial charge in [-0.3, -0.25) is 9.89 Å². The second-order valence-electron chi connectivity index (χ2n) is 6.26. The highest BCUT2D eigenvalue weighted by molar-refractivity contribution is 5.89. The lowest BCUT2D eigenvalue weighted by Crippen LogP contribution is -2.38. The topological polar surface area (TPSA) is 86.3 Å². The molecule has 2 N–H and O–H groups in total. The van der Waals surface area contributed by atoms with E-state index in [1.807, 2.05) is 0 Å². The van der Waals surface area contributed by atoms with Crippen LogP contribution in [0.25, 0.3) is 6.08 Å². The lowest BCUT2D eigenvalue weighted by atomic mass is 9.96. The van der Waals surface area contributed by atoms with Gasteiger partial charge >= 0.3 is 5.97 Å². The van der Waals surface area contributed by atoms with Gasteiger partial charge in [0.05, 0.1) is 17.9 Å². The van der Waals surface area contributed by atoms with Gasteiger partial charge in [0.2, 0.25) is 5.91 Å². The summed E-state index contributed by atoms with van der Waals surface area (Å²) in [4.78, 5) is 25.7. The lowest BCUT2D eigenvalue weighted by Gasteiger charge is -2.35. The Morgan fingerprint density at radius 2 is 2.23 bits per heavy atom. The molecule has 1 aromatic carbocycles. The van der Waals surface area contributed by atoms with Crippen LogP contribution in [-0.4, -0.2) is 38.6 Å². The molecule has 1 aliphatic heterocycles. The third-order valence-corrected chi connectivity index (χ3v) is 4.51. The molecule has 26 heavy (non-hydrogen) atoms. The smallest absolute Gasteiger partial charge is 0.339 e. The monoisotopic (exact) mass is 357 g/mol. The Hall–Kier alpha value is -2.96. The van der Waals surface area contributed by atoms with Crippen LogP contribution in [0, 0.1) is 5.82 Å². The van der Waals surface area contributed by atoms with Gasteiger partial charge in [-0.05, 0) is 37.0 Å². The van der Waals surface area contributed by atoms with Crippen molar-refractivity contribution in [1.82, 2.24) is 15.1 Å². The molecule has 1 fully saturated rings. The Morgan fingerprint density at radius 3 is 3.00 bits per heavy atom. The summed E-state index contributed by atoms with van der Waals surface area (Å²) in [6.07, 6.45) is 7.36. The standard InChI is InChI=1S/C19H20FN3O3/c20-14-7-3-5-13(11-14)6-4-9-17(24)23-10-2-1-8-16(23)18-15(19(25)26)12-21-22-18/h3-7,11-12,16H,1-2,8-10H2,(H,21,22)(H,25,26)/b6-4+. The number of carbonyl (C=O) groups is 2. The number of carboxylic acid groups (broad SMARTS) is 1. The van der Waals surface area contributed by atoms with Crippen molar-refractivity contribution in [1.29, 1.82) is 0 Å². The van der Waals surface area contributed by atoms with Crippen molar-refractivity contribution < 1.29 is 19.1 Å². The van der Waals surface area contributed by atoms with Crippen molar-refractivity contribution in [3.8, 4) is 0 Å². The van der Waals surface area contributed by atoms with E-state index in [-0.39, 0.29) is 29.8 Å². The van der Waals surface area contributed by atoms with E-state index in [1.165, 1.54) is 18.3 Å². The first-order valence-electron chi connectivity index (χ1n) is 8.54. The van der Waals surface area contributed by atoms with E-state index >= 15 is 0 Å². The van der Waals surface area contributed by atoms with E-state index < -0.39 is 5.97 Å². The van der Waals surface area contributed by atoms with Gasteiger partial charge in [0.25, 0.3) is 0 Å². The fourth-order valence-corrected chi connectivity index (χ4v) is 3.27. The molecule has 1 aliphatic rings. The highest BCUT2D eigenvalue weighted by atomic mass is 19.1. The van der Waals surface area contributed by atoms with Crippen LogP contribution in [-0.2, 0) is 4.79 Å². The zero-order chi connectivity index (χ0) is 18.5. The zero-order valence-corrected chi connectivity index (χ0v) is 14.2.